The number of likely N-dealkylation sites (N-methyl/N-ethyl adjacent to an activating group) is 1. The van der Waals surface area contributed by atoms with Crippen molar-refractivity contribution in [3.63, 3.8) is 0 Å². The van der Waals surface area contributed by atoms with E-state index in [1.54, 1.807) is 0 Å². The molecular formula is C15H21N3. The molecule has 1 aromatic heterocycles. The van der Waals surface area contributed by atoms with Gasteiger partial charge in [0.15, 0.2) is 0 Å². The first-order valence-electron chi connectivity index (χ1n) is 6.37. The zero-order valence-corrected chi connectivity index (χ0v) is 11.6. The van der Waals surface area contributed by atoms with E-state index in [0.29, 0.717) is 0 Å². The van der Waals surface area contributed by atoms with Crippen molar-refractivity contribution in [2.45, 2.75) is 20.3 Å². The minimum Gasteiger partial charge on any atom is -0.331 e. The first kappa shape index (κ1) is 12.8. The fraction of sp³-hybridized carbons (Fsp3) is 0.400. The third-order valence-electron chi connectivity index (χ3n) is 3.37. The summed E-state index contributed by atoms with van der Waals surface area (Å²) >= 11 is 0. The van der Waals surface area contributed by atoms with Gasteiger partial charge in [-0.3, -0.25) is 0 Å². The number of rotatable bonds is 4. The molecule has 96 valence electrons. The van der Waals surface area contributed by atoms with Gasteiger partial charge in [0.05, 0.1) is 5.69 Å². The second-order valence-corrected chi connectivity index (χ2v) is 4.75. The van der Waals surface area contributed by atoms with Crippen LogP contribution in [0.15, 0.2) is 24.3 Å². The Hall–Kier alpha value is -1.61. The maximum Gasteiger partial charge on any atom is 0.140 e. The van der Waals surface area contributed by atoms with Gasteiger partial charge in [0.1, 0.15) is 5.82 Å². The van der Waals surface area contributed by atoms with Crippen molar-refractivity contribution in [2.24, 2.45) is 7.05 Å². The first-order valence-corrected chi connectivity index (χ1v) is 6.37. The number of nitrogens with zero attached hydrogens (tertiary/aromatic N) is 2. The molecular weight excluding hydrogens is 222 g/mol. The minimum absolute atomic E-state index is 0.963. The number of aromatic nitrogens is 2. The Morgan fingerprint density at radius 2 is 2.06 bits per heavy atom. The van der Waals surface area contributed by atoms with Crippen molar-refractivity contribution in [3.05, 3.63) is 41.2 Å². The van der Waals surface area contributed by atoms with Crippen LogP contribution in [0.5, 0.6) is 0 Å². The molecule has 0 bridgehead atoms. The third-order valence-corrected chi connectivity index (χ3v) is 3.37. The van der Waals surface area contributed by atoms with Crippen LogP contribution in [0.2, 0.25) is 0 Å². The van der Waals surface area contributed by atoms with Gasteiger partial charge in [0.25, 0.3) is 0 Å². The lowest BCUT2D eigenvalue weighted by Crippen LogP contribution is -2.11. The molecule has 0 amide bonds. The Morgan fingerprint density at radius 3 is 2.72 bits per heavy atom. The zero-order valence-electron chi connectivity index (χ0n) is 11.6. The summed E-state index contributed by atoms with van der Waals surface area (Å²) < 4.78 is 2.18. The van der Waals surface area contributed by atoms with Crippen LogP contribution in [0.3, 0.4) is 0 Å². The minimum atomic E-state index is 0.963. The van der Waals surface area contributed by atoms with Gasteiger partial charge in [-0.05, 0) is 27.0 Å². The smallest absolute Gasteiger partial charge is 0.140 e. The number of imidazole rings is 1. The molecule has 2 aromatic rings. The van der Waals surface area contributed by atoms with Crippen molar-refractivity contribution >= 4 is 0 Å². The van der Waals surface area contributed by atoms with Crippen LogP contribution in [0.1, 0.15) is 17.0 Å². The molecule has 1 aromatic carbocycles. The molecule has 0 aliphatic rings. The highest BCUT2D eigenvalue weighted by Crippen LogP contribution is 2.22. The SMILES string of the molecule is CNCCc1nc(-c2cccc(C)c2)n(C)c1C. The molecule has 0 atom stereocenters. The fourth-order valence-electron chi connectivity index (χ4n) is 2.16. The van der Waals surface area contributed by atoms with E-state index in [2.05, 4.69) is 55.0 Å². The summed E-state index contributed by atoms with van der Waals surface area (Å²) in [6.45, 7) is 5.21. The summed E-state index contributed by atoms with van der Waals surface area (Å²) in [4.78, 5) is 4.78. The topological polar surface area (TPSA) is 29.9 Å². The average molecular weight is 243 g/mol. The highest BCUT2D eigenvalue weighted by atomic mass is 15.1. The number of hydrogen-bond donors (Lipinski definition) is 1. The van der Waals surface area contributed by atoms with Gasteiger partial charge in [-0.2, -0.15) is 0 Å². The van der Waals surface area contributed by atoms with Crippen molar-refractivity contribution in [1.82, 2.24) is 14.9 Å². The van der Waals surface area contributed by atoms with Gasteiger partial charge in [-0.1, -0.05) is 23.8 Å². The standard InChI is InChI=1S/C15H21N3/c1-11-6-5-7-13(10-11)15-17-14(8-9-16-3)12(2)18(15)4/h5-7,10,16H,8-9H2,1-4H3. The summed E-state index contributed by atoms with van der Waals surface area (Å²) in [5, 5.41) is 3.17. The van der Waals surface area contributed by atoms with Gasteiger partial charge in [0, 0.05) is 31.3 Å². The van der Waals surface area contributed by atoms with Crippen molar-refractivity contribution in [1.29, 1.82) is 0 Å². The monoisotopic (exact) mass is 243 g/mol. The molecule has 1 heterocycles. The van der Waals surface area contributed by atoms with Gasteiger partial charge in [0.2, 0.25) is 0 Å². The molecule has 0 fully saturated rings. The Kier molecular flexibility index (Phi) is 3.82. The van der Waals surface area contributed by atoms with Crippen LogP contribution in [-0.2, 0) is 13.5 Å². The van der Waals surface area contributed by atoms with E-state index in [0.717, 1.165) is 18.8 Å². The normalized spacial score (nSPS) is 10.9. The second kappa shape index (κ2) is 5.36. The quantitative estimate of drug-likeness (QED) is 0.894. The summed E-state index contributed by atoms with van der Waals surface area (Å²) in [5.41, 5.74) is 4.89. The fourth-order valence-corrected chi connectivity index (χ4v) is 2.16. The van der Waals surface area contributed by atoms with E-state index in [1.165, 1.54) is 22.5 Å². The predicted molar refractivity (Wildman–Crippen MR) is 75.7 cm³/mol. The summed E-state index contributed by atoms with van der Waals surface area (Å²) in [5.74, 6) is 1.06. The molecule has 3 nitrogen and oxygen atoms in total. The van der Waals surface area contributed by atoms with Gasteiger partial charge >= 0.3 is 0 Å². The Morgan fingerprint density at radius 1 is 1.28 bits per heavy atom. The lowest BCUT2D eigenvalue weighted by molar-refractivity contribution is 0.772. The van der Waals surface area contributed by atoms with Crippen molar-refractivity contribution < 1.29 is 0 Å². The maximum absolute atomic E-state index is 4.78. The molecule has 0 saturated carbocycles. The number of benzene rings is 1. The second-order valence-electron chi connectivity index (χ2n) is 4.75. The van der Waals surface area contributed by atoms with E-state index < -0.39 is 0 Å². The lowest BCUT2D eigenvalue weighted by atomic mass is 10.1. The van der Waals surface area contributed by atoms with Crippen LogP contribution in [0, 0.1) is 13.8 Å². The predicted octanol–water partition coefficient (Wildman–Crippen LogP) is 2.47. The van der Waals surface area contributed by atoms with E-state index >= 15 is 0 Å². The van der Waals surface area contributed by atoms with Crippen LogP contribution < -0.4 is 5.32 Å². The maximum atomic E-state index is 4.78. The van der Waals surface area contributed by atoms with Crippen LogP contribution in [0.4, 0.5) is 0 Å². The molecule has 0 radical (unpaired) electrons. The van der Waals surface area contributed by atoms with Crippen molar-refractivity contribution in [2.75, 3.05) is 13.6 Å². The van der Waals surface area contributed by atoms with E-state index in [1.807, 2.05) is 7.05 Å². The Labute approximate surface area is 109 Å². The molecule has 0 saturated heterocycles. The van der Waals surface area contributed by atoms with Crippen LogP contribution in [-0.4, -0.2) is 23.1 Å². The molecule has 0 unspecified atom stereocenters. The van der Waals surface area contributed by atoms with Gasteiger partial charge in [-0.15, -0.1) is 0 Å². The molecule has 0 aliphatic heterocycles. The van der Waals surface area contributed by atoms with E-state index in [9.17, 15) is 0 Å². The van der Waals surface area contributed by atoms with Crippen LogP contribution >= 0.6 is 0 Å². The highest BCUT2D eigenvalue weighted by Gasteiger charge is 2.12. The molecule has 2 rings (SSSR count). The van der Waals surface area contributed by atoms with E-state index in [-0.39, 0.29) is 0 Å². The molecule has 1 N–H and O–H groups in total. The zero-order chi connectivity index (χ0) is 13.1. The molecule has 3 heteroatoms. The number of aryl methyl sites for hydroxylation is 1. The molecule has 0 spiro atoms. The molecule has 18 heavy (non-hydrogen) atoms. The first-order chi connectivity index (χ1) is 8.63. The Balaban J connectivity index is 2.39. The van der Waals surface area contributed by atoms with Crippen molar-refractivity contribution in [3.8, 4) is 11.4 Å². The highest BCUT2D eigenvalue weighted by molar-refractivity contribution is 5.58. The van der Waals surface area contributed by atoms with Gasteiger partial charge < -0.3 is 9.88 Å². The lowest BCUT2D eigenvalue weighted by Gasteiger charge is -2.04. The third kappa shape index (κ3) is 2.46. The number of nitrogens with one attached hydrogen (secondary N) is 1. The van der Waals surface area contributed by atoms with E-state index in [4.69, 9.17) is 4.98 Å². The van der Waals surface area contributed by atoms with Crippen LogP contribution in [0.25, 0.3) is 11.4 Å². The van der Waals surface area contributed by atoms with Gasteiger partial charge in [-0.25, -0.2) is 4.98 Å². The largest absolute Gasteiger partial charge is 0.331 e. The summed E-state index contributed by atoms with van der Waals surface area (Å²) in [6.07, 6.45) is 0.974. The Bertz CT molecular complexity index is 541. The summed E-state index contributed by atoms with van der Waals surface area (Å²) in [7, 11) is 4.06. The summed E-state index contributed by atoms with van der Waals surface area (Å²) in [6, 6.07) is 8.50. The molecule has 0 aliphatic carbocycles. The average Bonchev–Trinajstić information content (AvgIpc) is 2.64. The number of hydrogen-bond acceptors (Lipinski definition) is 2.